The van der Waals surface area contributed by atoms with Gasteiger partial charge in [0.1, 0.15) is 5.82 Å². The van der Waals surface area contributed by atoms with Crippen LogP contribution in [0.1, 0.15) is 12.5 Å². The molecule has 0 aromatic carbocycles. The van der Waals surface area contributed by atoms with E-state index in [4.69, 9.17) is 0 Å². The topological polar surface area (TPSA) is 19.4 Å². The number of aromatic nitrogens is 1. The third kappa shape index (κ3) is 2.55. The molecule has 2 heterocycles. The summed E-state index contributed by atoms with van der Waals surface area (Å²) < 4.78 is 1.06. The minimum absolute atomic E-state index is 1.06. The Morgan fingerprint density at radius 2 is 2.00 bits per heavy atom. The Kier molecular flexibility index (Phi) is 3.82. The minimum atomic E-state index is 1.06. The number of aryl methyl sites for hydroxylation is 1. The van der Waals surface area contributed by atoms with E-state index in [2.05, 4.69) is 50.6 Å². The number of likely N-dealkylation sites (N-methyl/N-ethyl adjacent to an activating group) is 1. The van der Waals surface area contributed by atoms with Crippen LogP contribution in [0.4, 0.5) is 5.82 Å². The highest BCUT2D eigenvalue weighted by molar-refractivity contribution is 9.10. The van der Waals surface area contributed by atoms with Gasteiger partial charge in [0.05, 0.1) is 0 Å². The van der Waals surface area contributed by atoms with E-state index in [9.17, 15) is 0 Å². The Bertz CT molecular complexity index is 359. The SMILES string of the molecule is CCN1CCN(c2ncc(Br)cc2C)CC1. The second-order valence-electron chi connectivity index (χ2n) is 4.22. The fourth-order valence-electron chi connectivity index (χ4n) is 2.14. The first-order chi connectivity index (χ1) is 7.70. The fraction of sp³-hybridized carbons (Fsp3) is 0.583. The predicted molar refractivity (Wildman–Crippen MR) is 71.0 cm³/mol. The highest BCUT2D eigenvalue weighted by Crippen LogP contribution is 2.21. The summed E-state index contributed by atoms with van der Waals surface area (Å²) in [5.74, 6) is 1.14. The van der Waals surface area contributed by atoms with Crippen LogP contribution < -0.4 is 4.90 Å². The molecule has 0 atom stereocenters. The van der Waals surface area contributed by atoms with E-state index in [1.54, 1.807) is 0 Å². The van der Waals surface area contributed by atoms with Crippen molar-refractivity contribution in [1.82, 2.24) is 9.88 Å². The smallest absolute Gasteiger partial charge is 0.131 e. The highest BCUT2D eigenvalue weighted by atomic mass is 79.9. The lowest BCUT2D eigenvalue weighted by molar-refractivity contribution is 0.270. The number of hydrogen-bond acceptors (Lipinski definition) is 3. The van der Waals surface area contributed by atoms with Gasteiger partial charge in [-0.1, -0.05) is 6.92 Å². The van der Waals surface area contributed by atoms with Crippen molar-refractivity contribution in [2.45, 2.75) is 13.8 Å². The van der Waals surface area contributed by atoms with Crippen molar-refractivity contribution in [1.29, 1.82) is 0 Å². The second kappa shape index (κ2) is 5.15. The van der Waals surface area contributed by atoms with Crippen molar-refractivity contribution in [3.63, 3.8) is 0 Å². The number of rotatable bonds is 2. The van der Waals surface area contributed by atoms with E-state index in [0.29, 0.717) is 0 Å². The van der Waals surface area contributed by atoms with E-state index < -0.39 is 0 Å². The molecule has 0 aliphatic carbocycles. The van der Waals surface area contributed by atoms with Crippen molar-refractivity contribution in [3.8, 4) is 0 Å². The van der Waals surface area contributed by atoms with Crippen molar-refractivity contribution >= 4 is 21.7 Å². The molecule has 1 saturated heterocycles. The Labute approximate surface area is 106 Å². The van der Waals surface area contributed by atoms with Gasteiger partial charge >= 0.3 is 0 Å². The van der Waals surface area contributed by atoms with Crippen molar-refractivity contribution in [2.24, 2.45) is 0 Å². The molecule has 0 amide bonds. The van der Waals surface area contributed by atoms with Crippen molar-refractivity contribution in [2.75, 3.05) is 37.6 Å². The fourth-order valence-corrected chi connectivity index (χ4v) is 2.59. The maximum atomic E-state index is 4.51. The van der Waals surface area contributed by atoms with Crippen LogP contribution in [0.3, 0.4) is 0 Å². The van der Waals surface area contributed by atoms with Crippen LogP contribution in [0.15, 0.2) is 16.7 Å². The molecule has 0 saturated carbocycles. The van der Waals surface area contributed by atoms with Gasteiger partial charge < -0.3 is 9.80 Å². The van der Waals surface area contributed by atoms with Gasteiger partial charge in [0.15, 0.2) is 0 Å². The third-order valence-electron chi connectivity index (χ3n) is 3.14. The molecular formula is C12H18BrN3. The summed E-state index contributed by atoms with van der Waals surface area (Å²) in [5, 5.41) is 0. The maximum Gasteiger partial charge on any atom is 0.131 e. The Hall–Kier alpha value is -0.610. The van der Waals surface area contributed by atoms with Gasteiger partial charge in [0.25, 0.3) is 0 Å². The summed E-state index contributed by atoms with van der Waals surface area (Å²) in [7, 11) is 0. The monoisotopic (exact) mass is 283 g/mol. The predicted octanol–water partition coefficient (Wildman–Crippen LogP) is 2.29. The average molecular weight is 284 g/mol. The average Bonchev–Trinajstić information content (AvgIpc) is 2.29. The molecule has 0 N–H and O–H groups in total. The summed E-state index contributed by atoms with van der Waals surface area (Å²) in [5.41, 5.74) is 1.25. The Morgan fingerprint density at radius 1 is 1.31 bits per heavy atom. The maximum absolute atomic E-state index is 4.51. The quantitative estimate of drug-likeness (QED) is 0.830. The molecule has 0 bridgehead atoms. The molecule has 0 radical (unpaired) electrons. The molecule has 2 rings (SSSR count). The Balaban J connectivity index is 2.08. The van der Waals surface area contributed by atoms with Crippen LogP contribution in [-0.4, -0.2) is 42.6 Å². The van der Waals surface area contributed by atoms with Crippen LogP contribution in [0, 0.1) is 6.92 Å². The van der Waals surface area contributed by atoms with Gasteiger partial charge in [-0.15, -0.1) is 0 Å². The molecule has 1 aromatic heterocycles. The molecule has 1 aromatic rings. The summed E-state index contributed by atoms with van der Waals surface area (Å²) in [6.07, 6.45) is 1.88. The minimum Gasteiger partial charge on any atom is -0.354 e. The zero-order chi connectivity index (χ0) is 11.5. The van der Waals surface area contributed by atoms with Gasteiger partial charge in [0, 0.05) is 36.8 Å². The highest BCUT2D eigenvalue weighted by Gasteiger charge is 2.17. The Morgan fingerprint density at radius 3 is 2.56 bits per heavy atom. The number of hydrogen-bond donors (Lipinski definition) is 0. The van der Waals surface area contributed by atoms with Crippen LogP contribution in [-0.2, 0) is 0 Å². The zero-order valence-electron chi connectivity index (χ0n) is 9.91. The molecule has 0 spiro atoms. The number of piperazine rings is 1. The normalized spacial score (nSPS) is 17.8. The van der Waals surface area contributed by atoms with Gasteiger partial charge in [-0.3, -0.25) is 0 Å². The molecule has 88 valence electrons. The van der Waals surface area contributed by atoms with Crippen LogP contribution >= 0.6 is 15.9 Å². The van der Waals surface area contributed by atoms with Crippen LogP contribution in [0.5, 0.6) is 0 Å². The summed E-state index contributed by atoms with van der Waals surface area (Å²) >= 11 is 3.45. The summed E-state index contributed by atoms with van der Waals surface area (Å²) in [6, 6.07) is 2.13. The molecule has 1 aliphatic heterocycles. The first-order valence-corrected chi connectivity index (χ1v) is 6.59. The second-order valence-corrected chi connectivity index (χ2v) is 5.13. The summed E-state index contributed by atoms with van der Waals surface area (Å²) in [4.78, 5) is 9.37. The van der Waals surface area contributed by atoms with Crippen molar-refractivity contribution < 1.29 is 0 Å². The van der Waals surface area contributed by atoms with E-state index >= 15 is 0 Å². The van der Waals surface area contributed by atoms with Gasteiger partial charge in [0.2, 0.25) is 0 Å². The molecular weight excluding hydrogens is 266 g/mol. The number of nitrogens with zero attached hydrogens (tertiary/aromatic N) is 3. The lowest BCUT2D eigenvalue weighted by atomic mass is 10.2. The van der Waals surface area contributed by atoms with E-state index in [0.717, 1.165) is 43.0 Å². The van der Waals surface area contributed by atoms with Gasteiger partial charge in [-0.05, 0) is 41.0 Å². The molecule has 16 heavy (non-hydrogen) atoms. The lowest BCUT2D eigenvalue weighted by Gasteiger charge is -2.35. The molecule has 1 aliphatic rings. The molecule has 0 unspecified atom stereocenters. The molecule has 3 nitrogen and oxygen atoms in total. The molecule has 4 heteroatoms. The van der Waals surface area contributed by atoms with Gasteiger partial charge in [-0.2, -0.15) is 0 Å². The van der Waals surface area contributed by atoms with Crippen molar-refractivity contribution in [3.05, 3.63) is 22.3 Å². The van der Waals surface area contributed by atoms with E-state index in [-0.39, 0.29) is 0 Å². The van der Waals surface area contributed by atoms with Crippen LogP contribution in [0.2, 0.25) is 0 Å². The molecule has 1 fully saturated rings. The zero-order valence-corrected chi connectivity index (χ0v) is 11.5. The summed E-state index contributed by atoms with van der Waals surface area (Å²) in [6.45, 7) is 9.96. The lowest BCUT2D eigenvalue weighted by Crippen LogP contribution is -2.46. The van der Waals surface area contributed by atoms with Crippen LogP contribution in [0.25, 0.3) is 0 Å². The standard InChI is InChI=1S/C12H18BrN3/c1-3-15-4-6-16(7-5-15)12-10(2)8-11(13)9-14-12/h8-9H,3-7H2,1-2H3. The van der Waals surface area contributed by atoms with E-state index in [1.807, 2.05) is 6.20 Å². The first-order valence-electron chi connectivity index (χ1n) is 5.80. The van der Waals surface area contributed by atoms with E-state index in [1.165, 1.54) is 5.56 Å². The number of pyridine rings is 1. The first kappa shape index (κ1) is 11.9. The number of anilines is 1. The third-order valence-corrected chi connectivity index (χ3v) is 3.57. The number of halogens is 1. The largest absolute Gasteiger partial charge is 0.354 e. The van der Waals surface area contributed by atoms with Gasteiger partial charge in [-0.25, -0.2) is 4.98 Å².